The summed E-state index contributed by atoms with van der Waals surface area (Å²) in [7, 11) is 0. The van der Waals surface area contributed by atoms with Gasteiger partial charge in [0.05, 0.1) is 5.75 Å². The fraction of sp³-hybridized carbons (Fsp3) is 0.238. The molecule has 0 aliphatic rings. The molecule has 2 aromatic heterocycles. The maximum Gasteiger partial charge on any atom is 0.234 e. The number of tetrazole rings is 1. The van der Waals surface area contributed by atoms with Crippen molar-refractivity contribution in [1.29, 1.82) is 0 Å². The van der Waals surface area contributed by atoms with Crippen LogP contribution < -0.4 is 5.32 Å². The standard InChI is InChI=1S/C21H22N8OS/c1-3-28-18(13-29-26-20(24-27-29)16-10-5-4-6-11-16)23-25-21(28)31-14-19(30)22-17-12-8-7-9-15(17)2/h4-12H,3,13-14H2,1-2H3,(H,22,30). The molecule has 4 rings (SSSR count). The van der Waals surface area contributed by atoms with Gasteiger partial charge in [-0.1, -0.05) is 60.3 Å². The number of rotatable bonds is 8. The summed E-state index contributed by atoms with van der Waals surface area (Å²) in [6.45, 7) is 4.99. The minimum Gasteiger partial charge on any atom is -0.325 e. The van der Waals surface area contributed by atoms with E-state index in [9.17, 15) is 4.79 Å². The topological polar surface area (TPSA) is 103 Å². The van der Waals surface area contributed by atoms with E-state index in [0.717, 1.165) is 16.8 Å². The van der Waals surface area contributed by atoms with E-state index in [0.29, 0.717) is 29.9 Å². The van der Waals surface area contributed by atoms with Gasteiger partial charge in [0.15, 0.2) is 11.0 Å². The third kappa shape index (κ3) is 4.97. The molecule has 0 radical (unpaired) electrons. The SMILES string of the molecule is CCn1c(Cn2nnc(-c3ccccc3)n2)nnc1SCC(=O)Nc1ccccc1C. The van der Waals surface area contributed by atoms with Crippen LogP contribution in [0.25, 0.3) is 11.4 Å². The summed E-state index contributed by atoms with van der Waals surface area (Å²) in [6.07, 6.45) is 0. The van der Waals surface area contributed by atoms with Gasteiger partial charge in [0, 0.05) is 17.8 Å². The zero-order chi connectivity index (χ0) is 21.6. The molecular formula is C21H22N8OS. The first kappa shape index (κ1) is 20.7. The number of anilines is 1. The minimum absolute atomic E-state index is 0.0862. The average molecular weight is 435 g/mol. The Kier molecular flexibility index (Phi) is 6.37. The zero-order valence-electron chi connectivity index (χ0n) is 17.3. The van der Waals surface area contributed by atoms with Crippen LogP contribution in [0.15, 0.2) is 59.8 Å². The summed E-state index contributed by atoms with van der Waals surface area (Å²) >= 11 is 1.35. The third-order valence-corrected chi connectivity index (χ3v) is 5.60. The number of carbonyl (C=O) groups excluding carboxylic acids is 1. The second-order valence-corrected chi connectivity index (χ2v) is 7.75. The first-order chi connectivity index (χ1) is 15.1. The second kappa shape index (κ2) is 9.52. The molecule has 1 N–H and O–H groups in total. The predicted octanol–water partition coefficient (Wildman–Crippen LogP) is 3.04. The molecule has 0 bridgehead atoms. The van der Waals surface area contributed by atoms with Crippen LogP contribution in [-0.4, -0.2) is 46.6 Å². The Morgan fingerprint density at radius 2 is 1.81 bits per heavy atom. The van der Waals surface area contributed by atoms with Crippen molar-refractivity contribution in [3.63, 3.8) is 0 Å². The van der Waals surface area contributed by atoms with Crippen LogP contribution in [0, 0.1) is 6.92 Å². The maximum absolute atomic E-state index is 12.4. The fourth-order valence-electron chi connectivity index (χ4n) is 3.03. The van der Waals surface area contributed by atoms with E-state index in [-0.39, 0.29) is 11.7 Å². The van der Waals surface area contributed by atoms with Crippen molar-refractivity contribution in [2.24, 2.45) is 0 Å². The number of amides is 1. The number of nitrogens with zero attached hydrogens (tertiary/aromatic N) is 7. The van der Waals surface area contributed by atoms with E-state index < -0.39 is 0 Å². The molecule has 31 heavy (non-hydrogen) atoms. The molecule has 0 aliphatic heterocycles. The molecule has 0 atom stereocenters. The van der Waals surface area contributed by atoms with E-state index >= 15 is 0 Å². The highest BCUT2D eigenvalue weighted by Crippen LogP contribution is 2.19. The van der Waals surface area contributed by atoms with Gasteiger partial charge in [0.25, 0.3) is 0 Å². The second-order valence-electron chi connectivity index (χ2n) is 6.80. The molecular weight excluding hydrogens is 412 g/mol. The predicted molar refractivity (Wildman–Crippen MR) is 119 cm³/mol. The number of aromatic nitrogens is 7. The van der Waals surface area contributed by atoms with Gasteiger partial charge < -0.3 is 9.88 Å². The number of nitrogens with one attached hydrogen (secondary N) is 1. The first-order valence-electron chi connectivity index (χ1n) is 9.87. The van der Waals surface area contributed by atoms with Crippen molar-refractivity contribution in [2.75, 3.05) is 11.1 Å². The van der Waals surface area contributed by atoms with Crippen molar-refractivity contribution >= 4 is 23.4 Å². The molecule has 0 fully saturated rings. The number of hydrogen-bond donors (Lipinski definition) is 1. The lowest BCUT2D eigenvalue weighted by Gasteiger charge is -2.09. The van der Waals surface area contributed by atoms with Crippen molar-refractivity contribution in [3.05, 3.63) is 66.0 Å². The Morgan fingerprint density at radius 1 is 1.03 bits per heavy atom. The van der Waals surface area contributed by atoms with Crippen LogP contribution in [0.2, 0.25) is 0 Å². The lowest BCUT2D eigenvalue weighted by Crippen LogP contribution is -2.15. The van der Waals surface area contributed by atoms with E-state index in [1.165, 1.54) is 16.6 Å². The van der Waals surface area contributed by atoms with Crippen molar-refractivity contribution < 1.29 is 4.79 Å². The van der Waals surface area contributed by atoms with Gasteiger partial charge in [-0.05, 0) is 30.7 Å². The Labute approximate surface area is 183 Å². The number of benzene rings is 2. The summed E-state index contributed by atoms with van der Waals surface area (Å²) in [6, 6.07) is 17.4. The normalized spacial score (nSPS) is 10.9. The number of aryl methyl sites for hydroxylation is 1. The summed E-state index contributed by atoms with van der Waals surface area (Å²) in [5.41, 5.74) is 2.74. The van der Waals surface area contributed by atoms with Gasteiger partial charge in [0.1, 0.15) is 6.54 Å². The van der Waals surface area contributed by atoms with Crippen LogP contribution in [0.3, 0.4) is 0 Å². The molecule has 0 spiro atoms. The average Bonchev–Trinajstić information content (AvgIpc) is 3.41. The Bertz CT molecular complexity index is 1170. The molecule has 9 nitrogen and oxygen atoms in total. The number of para-hydroxylation sites is 1. The maximum atomic E-state index is 12.4. The summed E-state index contributed by atoms with van der Waals surface area (Å²) in [5, 5.41) is 24.8. The van der Waals surface area contributed by atoms with Gasteiger partial charge in [-0.3, -0.25) is 4.79 Å². The summed E-state index contributed by atoms with van der Waals surface area (Å²) in [4.78, 5) is 13.8. The minimum atomic E-state index is -0.0862. The van der Waals surface area contributed by atoms with Gasteiger partial charge >= 0.3 is 0 Å². The van der Waals surface area contributed by atoms with E-state index in [4.69, 9.17) is 0 Å². The lowest BCUT2D eigenvalue weighted by molar-refractivity contribution is -0.113. The molecule has 0 saturated heterocycles. The zero-order valence-corrected chi connectivity index (χ0v) is 18.1. The highest BCUT2D eigenvalue weighted by molar-refractivity contribution is 7.99. The summed E-state index contributed by atoms with van der Waals surface area (Å²) < 4.78 is 1.96. The monoisotopic (exact) mass is 434 g/mol. The van der Waals surface area contributed by atoms with Crippen molar-refractivity contribution in [1.82, 2.24) is 35.0 Å². The van der Waals surface area contributed by atoms with Crippen LogP contribution in [0.1, 0.15) is 18.3 Å². The van der Waals surface area contributed by atoms with Crippen LogP contribution in [-0.2, 0) is 17.9 Å². The van der Waals surface area contributed by atoms with Gasteiger partial charge in [0.2, 0.25) is 11.7 Å². The van der Waals surface area contributed by atoms with Crippen LogP contribution >= 0.6 is 11.8 Å². The molecule has 0 unspecified atom stereocenters. The molecule has 1 amide bonds. The Morgan fingerprint density at radius 3 is 2.58 bits per heavy atom. The van der Waals surface area contributed by atoms with E-state index in [1.54, 1.807) is 0 Å². The number of hydrogen-bond acceptors (Lipinski definition) is 7. The molecule has 10 heteroatoms. The van der Waals surface area contributed by atoms with Gasteiger partial charge in [-0.2, -0.15) is 4.80 Å². The van der Waals surface area contributed by atoms with Gasteiger partial charge in [-0.15, -0.1) is 20.4 Å². The van der Waals surface area contributed by atoms with Gasteiger partial charge in [-0.25, -0.2) is 0 Å². The molecule has 158 valence electrons. The number of thioether (sulfide) groups is 1. The quantitative estimate of drug-likeness (QED) is 0.425. The Balaban J connectivity index is 1.40. The van der Waals surface area contributed by atoms with E-state index in [2.05, 4.69) is 30.9 Å². The number of carbonyl (C=O) groups is 1. The molecule has 0 aliphatic carbocycles. The van der Waals surface area contributed by atoms with E-state index in [1.807, 2.05) is 73.0 Å². The first-order valence-corrected chi connectivity index (χ1v) is 10.9. The lowest BCUT2D eigenvalue weighted by atomic mass is 10.2. The highest BCUT2D eigenvalue weighted by atomic mass is 32.2. The molecule has 2 aromatic carbocycles. The molecule has 0 saturated carbocycles. The van der Waals surface area contributed by atoms with Crippen LogP contribution in [0.4, 0.5) is 5.69 Å². The molecule has 2 heterocycles. The van der Waals surface area contributed by atoms with Crippen LogP contribution in [0.5, 0.6) is 0 Å². The van der Waals surface area contributed by atoms with Crippen molar-refractivity contribution in [3.8, 4) is 11.4 Å². The fourth-order valence-corrected chi connectivity index (χ4v) is 3.85. The molecule has 4 aromatic rings. The largest absolute Gasteiger partial charge is 0.325 e. The van der Waals surface area contributed by atoms with Crippen molar-refractivity contribution in [2.45, 2.75) is 32.1 Å². The third-order valence-electron chi connectivity index (χ3n) is 4.63. The smallest absolute Gasteiger partial charge is 0.234 e. The Hall–Kier alpha value is -3.53. The summed E-state index contributed by atoms with van der Waals surface area (Å²) in [5.74, 6) is 1.43. The highest BCUT2D eigenvalue weighted by Gasteiger charge is 2.15.